The minimum atomic E-state index is -0.783. The second kappa shape index (κ2) is 9.55. The van der Waals surface area contributed by atoms with Gasteiger partial charge in [0, 0.05) is 0 Å². The Bertz CT molecular complexity index is 395. The molecule has 128 valence electrons. The van der Waals surface area contributed by atoms with Crippen LogP contribution >= 0.6 is 11.8 Å². The SMILES string of the molecule is COC(=O)[C@H](C)NC(=O)[C@H](CCSC)NC(=O)OC(C)(C)C. The predicted molar refractivity (Wildman–Crippen MR) is 85.8 cm³/mol. The number of esters is 1. The van der Waals surface area contributed by atoms with Gasteiger partial charge in [0.25, 0.3) is 0 Å². The van der Waals surface area contributed by atoms with Crippen LogP contribution in [0.15, 0.2) is 0 Å². The first-order valence-electron chi connectivity index (χ1n) is 6.97. The Balaban J connectivity index is 4.71. The van der Waals surface area contributed by atoms with Crippen molar-refractivity contribution < 1.29 is 23.9 Å². The van der Waals surface area contributed by atoms with Crippen LogP contribution in [0, 0.1) is 0 Å². The van der Waals surface area contributed by atoms with E-state index in [4.69, 9.17) is 4.74 Å². The molecule has 0 aliphatic heterocycles. The number of amides is 2. The first kappa shape index (κ1) is 20.6. The zero-order chi connectivity index (χ0) is 17.3. The summed E-state index contributed by atoms with van der Waals surface area (Å²) in [5, 5.41) is 5.05. The number of nitrogens with one attached hydrogen (secondary N) is 2. The van der Waals surface area contributed by atoms with Gasteiger partial charge in [0.15, 0.2) is 0 Å². The van der Waals surface area contributed by atoms with E-state index in [0.717, 1.165) is 0 Å². The van der Waals surface area contributed by atoms with Crippen LogP contribution in [0.25, 0.3) is 0 Å². The van der Waals surface area contributed by atoms with Gasteiger partial charge in [0.1, 0.15) is 17.7 Å². The number of rotatable bonds is 7. The molecule has 22 heavy (non-hydrogen) atoms. The summed E-state index contributed by atoms with van der Waals surface area (Å²) in [5.74, 6) is -0.312. The van der Waals surface area contributed by atoms with Crippen molar-refractivity contribution in [2.75, 3.05) is 19.1 Å². The van der Waals surface area contributed by atoms with Crippen molar-refractivity contribution >= 4 is 29.7 Å². The Morgan fingerprint density at radius 3 is 2.23 bits per heavy atom. The molecule has 0 unspecified atom stereocenters. The third-order valence-electron chi connectivity index (χ3n) is 2.53. The maximum absolute atomic E-state index is 12.2. The van der Waals surface area contributed by atoms with Gasteiger partial charge in [-0.05, 0) is 46.1 Å². The standard InChI is InChI=1S/C14H26N2O5S/c1-9(12(18)20-5)15-11(17)10(7-8-22-6)16-13(19)21-14(2,3)4/h9-10H,7-8H2,1-6H3,(H,15,17)(H,16,19)/t9-,10-/m0/s1. The van der Waals surface area contributed by atoms with E-state index in [-0.39, 0.29) is 0 Å². The van der Waals surface area contributed by atoms with E-state index >= 15 is 0 Å². The summed E-state index contributed by atoms with van der Waals surface area (Å²) in [7, 11) is 1.25. The molecule has 0 radical (unpaired) electrons. The van der Waals surface area contributed by atoms with Crippen molar-refractivity contribution in [3.05, 3.63) is 0 Å². The van der Waals surface area contributed by atoms with Crippen molar-refractivity contribution in [2.24, 2.45) is 0 Å². The molecular formula is C14H26N2O5S. The highest BCUT2D eigenvalue weighted by Gasteiger charge is 2.26. The predicted octanol–water partition coefficient (Wildman–Crippen LogP) is 1.31. The average molecular weight is 334 g/mol. The highest BCUT2D eigenvalue weighted by Crippen LogP contribution is 2.08. The number of hydrogen-bond acceptors (Lipinski definition) is 6. The molecule has 0 bridgehead atoms. The largest absolute Gasteiger partial charge is 0.467 e. The average Bonchev–Trinajstić information content (AvgIpc) is 2.40. The molecule has 0 aromatic heterocycles. The lowest BCUT2D eigenvalue weighted by Gasteiger charge is -2.24. The number of alkyl carbamates (subject to hydrolysis) is 1. The molecule has 0 rings (SSSR count). The van der Waals surface area contributed by atoms with Crippen LogP contribution in [-0.2, 0) is 19.1 Å². The van der Waals surface area contributed by atoms with Crippen LogP contribution in [0.4, 0.5) is 4.79 Å². The first-order valence-corrected chi connectivity index (χ1v) is 8.36. The van der Waals surface area contributed by atoms with Gasteiger partial charge >= 0.3 is 12.1 Å². The third kappa shape index (κ3) is 8.76. The highest BCUT2D eigenvalue weighted by atomic mass is 32.2. The topological polar surface area (TPSA) is 93.7 Å². The molecule has 0 spiro atoms. The molecule has 0 heterocycles. The summed E-state index contributed by atoms with van der Waals surface area (Å²) >= 11 is 1.55. The van der Waals surface area contributed by atoms with Crippen molar-refractivity contribution in [1.82, 2.24) is 10.6 Å². The fourth-order valence-electron chi connectivity index (χ4n) is 1.50. The molecule has 2 amide bonds. The molecule has 0 saturated heterocycles. The summed E-state index contributed by atoms with van der Waals surface area (Å²) in [5.41, 5.74) is -0.649. The van der Waals surface area contributed by atoms with Gasteiger partial charge in [-0.15, -0.1) is 0 Å². The van der Waals surface area contributed by atoms with Gasteiger partial charge in [-0.3, -0.25) is 4.79 Å². The van der Waals surface area contributed by atoms with Crippen LogP contribution in [0.1, 0.15) is 34.1 Å². The lowest BCUT2D eigenvalue weighted by atomic mass is 10.2. The van der Waals surface area contributed by atoms with E-state index < -0.39 is 35.7 Å². The summed E-state index contributed by atoms with van der Waals surface area (Å²) in [6.07, 6.45) is 1.67. The summed E-state index contributed by atoms with van der Waals surface area (Å²) in [6.45, 7) is 6.73. The number of carbonyl (C=O) groups excluding carboxylic acids is 3. The number of carbonyl (C=O) groups is 3. The fourth-order valence-corrected chi connectivity index (χ4v) is 1.98. The molecular weight excluding hydrogens is 308 g/mol. The lowest BCUT2D eigenvalue weighted by Crippen LogP contribution is -2.52. The Morgan fingerprint density at radius 2 is 1.77 bits per heavy atom. The number of methoxy groups -OCH3 is 1. The van der Waals surface area contributed by atoms with Crippen LogP contribution in [-0.4, -0.2) is 54.8 Å². The van der Waals surface area contributed by atoms with Crippen molar-refractivity contribution in [1.29, 1.82) is 0 Å². The van der Waals surface area contributed by atoms with Gasteiger partial charge in [0.05, 0.1) is 7.11 Å². The molecule has 2 N–H and O–H groups in total. The highest BCUT2D eigenvalue weighted by molar-refractivity contribution is 7.98. The zero-order valence-electron chi connectivity index (χ0n) is 14.0. The minimum absolute atomic E-state index is 0.431. The van der Waals surface area contributed by atoms with E-state index in [9.17, 15) is 14.4 Å². The summed E-state index contributed by atoms with van der Waals surface area (Å²) < 4.78 is 9.69. The Labute approximate surface area is 135 Å². The number of ether oxygens (including phenoxy) is 2. The van der Waals surface area contributed by atoms with E-state index in [1.54, 1.807) is 32.5 Å². The van der Waals surface area contributed by atoms with E-state index in [1.165, 1.54) is 14.0 Å². The van der Waals surface area contributed by atoms with E-state index in [0.29, 0.717) is 12.2 Å². The Hall–Kier alpha value is -1.44. The Morgan fingerprint density at radius 1 is 1.18 bits per heavy atom. The Kier molecular flexibility index (Phi) is 8.93. The van der Waals surface area contributed by atoms with E-state index in [1.807, 2.05) is 6.26 Å². The van der Waals surface area contributed by atoms with E-state index in [2.05, 4.69) is 15.4 Å². The zero-order valence-corrected chi connectivity index (χ0v) is 14.8. The van der Waals surface area contributed by atoms with Gasteiger partial charge in [-0.1, -0.05) is 0 Å². The van der Waals surface area contributed by atoms with Gasteiger partial charge in [-0.2, -0.15) is 11.8 Å². The molecule has 0 saturated carbocycles. The van der Waals surface area contributed by atoms with Crippen LogP contribution in [0.3, 0.4) is 0 Å². The molecule has 0 aliphatic carbocycles. The molecule has 8 heteroatoms. The maximum atomic E-state index is 12.2. The van der Waals surface area contributed by atoms with Crippen LogP contribution in [0.5, 0.6) is 0 Å². The van der Waals surface area contributed by atoms with Crippen LogP contribution in [0.2, 0.25) is 0 Å². The van der Waals surface area contributed by atoms with Gasteiger partial charge in [-0.25, -0.2) is 9.59 Å². The smallest absolute Gasteiger partial charge is 0.408 e. The summed E-state index contributed by atoms with van der Waals surface area (Å²) in [4.78, 5) is 35.3. The second-order valence-corrected chi connectivity index (χ2v) is 6.72. The normalized spacial score (nSPS) is 13.7. The molecule has 7 nitrogen and oxygen atoms in total. The third-order valence-corrected chi connectivity index (χ3v) is 3.18. The van der Waals surface area contributed by atoms with Gasteiger partial charge in [0.2, 0.25) is 5.91 Å². The minimum Gasteiger partial charge on any atom is -0.467 e. The van der Waals surface area contributed by atoms with Crippen LogP contribution < -0.4 is 10.6 Å². The van der Waals surface area contributed by atoms with Crippen molar-refractivity contribution in [3.63, 3.8) is 0 Å². The molecule has 2 atom stereocenters. The molecule has 0 aromatic carbocycles. The first-order chi connectivity index (χ1) is 10.1. The summed E-state index contributed by atoms with van der Waals surface area (Å²) in [6, 6.07) is -1.55. The van der Waals surface area contributed by atoms with Crippen molar-refractivity contribution in [3.8, 4) is 0 Å². The van der Waals surface area contributed by atoms with Crippen molar-refractivity contribution in [2.45, 2.75) is 51.8 Å². The quantitative estimate of drug-likeness (QED) is 0.682. The van der Waals surface area contributed by atoms with Gasteiger partial charge < -0.3 is 20.1 Å². The number of thioether (sulfide) groups is 1. The lowest BCUT2D eigenvalue weighted by molar-refractivity contribution is -0.144. The monoisotopic (exact) mass is 334 g/mol. The molecule has 0 fully saturated rings. The number of hydrogen-bond donors (Lipinski definition) is 2. The second-order valence-electron chi connectivity index (χ2n) is 5.73. The molecule has 0 aromatic rings. The fraction of sp³-hybridized carbons (Fsp3) is 0.786. The molecule has 0 aliphatic rings. The maximum Gasteiger partial charge on any atom is 0.408 e.